The maximum Gasteiger partial charge on any atom is 0.139 e. The van der Waals surface area contributed by atoms with Crippen LogP contribution in [0.2, 0.25) is 10.0 Å². The van der Waals surface area contributed by atoms with Crippen LogP contribution in [0.15, 0.2) is 12.1 Å². The zero-order chi connectivity index (χ0) is 14.5. The topological polar surface area (TPSA) is 30.5 Å². The Labute approximate surface area is 130 Å². The molecule has 2 atom stereocenters. The number of hydrogen-bond donors (Lipinski definition) is 1. The summed E-state index contributed by atoms with van der Waals surface area (Å²) in [4.78, 5) is 0. The van der Waals surface area contributed by atoms with E-state index in [9.17, 15) is 0 Å². The molecule has 0 saturated carbocycles. The highest BCUT2D eigenvalue weighted by molar-refractivity contribution is 6.34. The molecule has 112 valence electrons. The Bertz CT molecular complexity index is 448. The van der Waals surface area contributed by atoms with E-state index < -0.39 is 0 Å². The van der Waals surface area contributed by atoms with E-state index in [1.807, 2.05) is 20.0 Å². The van der Waals surface area contributed by atoms with Gasteiger partial charge in [0, 0.05) is 23.7 Å². The summed E-state index contributed by atoms with van der Waals surface area (Å²) in [6.07, 6.45) is 3.45. The summed E-state index contributed by atoms with van der Waals surface area (Å²) in [6.45, 7) is 3.35. The van der Waals surface area contributed by atoms with Gasteiger partial charge in [-0.05, 0) is 44.9 Å². The standard InChI is InChI=1S/C15H21Cl2NO2/c1-3-19-15-9-12(16)11(8-13(15)17)14(18-2)7-10-5-4-6-20-10/h8-10,14,18H,3-7H2,1-2H3. The van der Waals surface area contributed by atoms with Crippen LogP contribution in [0.25, 0.3) is 0 Å². The summed E-state index contributed by atoms with van der Waals surface area (Å²) in [5.74, 6) is 0.634. The van der Waals surface area contributed by atoms with Gasteiger partial charge >= 0.3 is 0 Å². The van der Waals surface area contributed by atoms with E-state index in [2.05, 4.69) is 5.32 Å². The second-order valence-electron chi connectivity index (χ2n) is 4.95. The predicted octanol–water partition coefficient (Wildman–Crippen LogP) is 4.22. The normalized spacial score (nSPS) is 20.1. The van der Waals surface area contributed by atoms with Crippen molar-refractivity contribution in [3.8, 4) is 5.75 Å². The van der Waals surface area contributed by atoms with Crippen LogP contribution >= 0.6 is 23.2 Å². The van der Waals surface area contributed by atoms with Gasteiger partial charge in [0.05, 0.1) is 17.7 Å². The molecule has 0 bridgehead atoms. The molecule has 0 radical (unpaired) electrons. The van der Waals surface area contributed by atoms with Crippen LogP contribution in [0.1, 0.15) is 37.8 Å². The molecule has 1 saturated heterocycles. The third-order valence-corrected chi connectivity index (χ3v) is 4.22. The minimum Gasteiger partial charge on any atom is -0.492 e. The van der Waals surface area contributed by atoms with Crippen molar-refractivity contribution in [2.45, 2.75) is 38.3 Å². The summed E-state index contributed by atoms with van der Waals surface area (Å²) >= 11 is 12.6. The zero-order valence-electron chi connectivity index (χ0n) is 11.9. The van der Waals surface area contributed by atoms with Gasteiger partial charge in [-0.2, -0.15) is 0 Å². The molecule has 1 aromatic rings. The number of nitrogens with one attached hydrogen (secondary N) is 1. The summed E-state index contributed by atoms with van der Waals surface area (Å²) < 4.78 is 11.2. The molecule has 1 fully saturated rings. The second kappa shape index (κ2) is 7.51. The lowest BCUT2D eigenvalue weighted by molar-refractivity contribution is 0.0954. The highest BCUT2D eigenvalue weighted by Crippen LogP contribution is 2.36. The summed E-state index contributed by atoms with van der Waals surface area (Å²) in [6, 6.07) is 3.83. The van der Waals surface area contributed by atoms with Crippen molar-refractivity contribution in [2.24, 2.45) is 0 Å². The van der Waals surface area contributed by atoms with Gasteiger partial charge in [-0.3, -0.25) is 0 Å². The van der Waals surface area contributed by atoms with Crippen LogP contribution in [0, 0.1) is 0 Å². The van der Waals surface area contributed by atoms with Crippen molar-refractivity contribution >= 4 is 23.2 Å². The van der Waals surface area contributed by atoms with Crippen LogP contribution in [0.3, 0.4) is 0 Å². The van der Waals surface area contributed by atoms with Crippen LogP contribution in [0.4, 0.5) is 0 Å². The van der Waals surface area contributed by atoms with Crippen LogP contribution in [-0.4, -0.2) is 26.4 Å². The van der Waals surface area contributed by atoms with Crippen molar-refractivity contribution in [1.29, 1.82) is 0 Å². The lowest BCUT2D eigenvalue weighted by atomic mass is 9.99. The minimum absolute atomic E-state index is 0.138. The monoisotopic (exact) mass is 317 g/mol. The second-order valence-corrected chi connectivity index (χ2v) is 5.76. The molecule has 5 heteroatoms. The quantitative estimate of drug-likeness (QED) is 0.852. The fourth-order valence-corrected chi connectivity index (χ4v) is 3.08. The molecule has 1 aliphatic heterocycles. The third-order valence-electron chi connectivity index (χ3n) is 3.60. The molecule has 3 nitrogen and oxygen atoms in total. The Morgan fingerprint density at radius 1 is 1.40 bits per heavy atom. The molecular formula is C15H21Cl2NO2. The van der Waals surface area contributed by atoms with Crippen molar-refractivity contribution in [2.75, 3.05) is 20.3 Å². The van der Waals surface area contributed by atoms with E-state index in [-0.39, 0.29) is 6.04 Å². The van der Waals surface area contributed by atoms with Gasteiger partial charge < -0.3 is 14.8 Å². The van der Waals surface area contributed by atoms with E-state index >= 15 is 0 Å². The summed E-state index contributed by atoms with van der Waals surface area (Å²) in [7, 11) is 1.93. The SMILES string of the molecule is CCOc1cc(Cl)c(C(CC2CCCO2)NC)cc1Cl. The molecule has 2 rings (SSSR count). The number of benzene rings is 1. The Morgan fingerprint density at radius 3 is 2.80 bits per heavy atom. The maximum absolute atomic E-state index is 6.38. The van der Waals surface area contributed by atoms with Crippen molar-refractivity contribution in [3.05, 3.63) is 27.7 Å². The Hall–Kier alpha value is -0.480. The lowest BCUT2D eigenvalue weighted by Gasteiger charge is -2.22. The molecule has 1 aliphatic rings. The molecule has 1 heterocycles. The van der Waals surface area contributed by atoms with Gasteiger partial charge in [-0.25, -0.2) is 0 Å². The van der Waals surface area contributed by atoms with Gasteiger partial charge in [0.1, 0.15) is 5.75 Å². The van der Waals surface area contributed by atoms with Crippen LogP contribution < -0.4 is 10.1 Å². The van der Waals surface area contributed by atoms with Gasteiger partial charge in [0.15, 0.2) is 0 Å². The van der Waals surface area contributed by atoms with Crippen LogP contribution in [-0.2, 0) is 4.74 Å². The molecule has 1 N–H and O–H groups in total. The number of ether oxygens (including phenoxy) is 2. The molecule has 0 amide bonds. The molecule has 0 aliphatic carbocycles. The molecule has 1 aromatic carbocycles. The predicted molar refractivity (Wildman–Crippen MR) is 83.0 cm³/mol. The minimum atomic E-state index is 0.138. The fourth-order valence-electron chi connectivity index (χ4n) is 2.57. The van der Waals surface area contributed by atoms with Crippen molar-refractivity contribution < 1.29 is 9.47 Å². The first-order chi connectivity index (χ1) is 9.65. The van der Waals surface area contributed by atoms with E-state index in [1.165, 1.54) is 0 Å². The first-order valence-corrected chi connectivity index (χ1v) is 7.81. The first-order valence-electron chi connectivity index (χ1n) is 7.06. The average Bonchev–Trinajstić information content (AvgIpc) is 2.93. The number of rotatable bonds is 6. The molecule has 0 aromatic heterocycles. The smallest absolute Gasteiger partial charge is 0.139 e. The summed E-state index contributed by atoms with van der Waals surface area (Å²) in [5.41, 5.74) is 0.998. The summed E-state index contributed by atoms with van der Waals surface area (Å²) in [5, 5.41) is 4.57. The van der Waals surface area contributed by atoms with Crippen molar-refractivity contribution in [1.82, 2.24) is 5.32 Å². The molecule has 0 spiro atoms. The van der Waals surface area contributed by atoms with E-state index in [1.54, 1.807) is 6.07 Å². The first kappa shape index (κ1) is 15.9. The van der Waals surface area contributed by atoms with E-state index in [4.69, 9.17) is 32.7 Å². The van der Waals surface area contributed by atoms with Crippen molar-refractivity contribution in [3.63, 3.8) is 0 Å². The van der Waals surface area contributed by atoms with E-state index in [0.717, 1.165) is 31.4 Å². The van der Waals surface area contributed by atoms with Gasteiger partial charge in [0.2, 0.25) is 0 Å². The zero-order valence-corrected chi connectivity index (χ0v) is 13.4. The van der Waals surface area contributed by atoms with Crippen LogP contribution in [0.5, 0.6) is 5.75 Å². The highest BCUT2D eigenvalue weighted by atomic mass is 35.5. The van der Waals surface area contributed by atoms with Gasteiger partial charge in [-0.15, -0.1) is 0 Å². The maximum atomic E-state index is 6.38. The molecule has 2 unspecified atom stereocenters. The van der Waals surface area contributed by atoms with Gasteiger partial charge in [0.25, 0.3) is 0 Å². The third kappa shape index (κ3) is 3.79. The highest BCUT2D eigenvalue weighted by Gasteiger charge is 2.23. The number of hydrogen-bond acceptors (Lipinski definition) is 3. The average molecular weight is 318 g/mol. The van der Waals surface area contributed by atoms with E-state index in [0.29, 0.717) is 28.5 Å². The lowest BCUT2D eigenvalue weighted by Crippen LogP contribution is -2.22. The largest absolute Gasteiger partial charge is 0.492 e. The fraction of sp³-hybridized carbons (Fsp3) is 0.600. The van der Waals surface area contributed by atoms with Gasteiger partial charge in [-0.1, -0.05) is 23.2 Å². The Morgan fingerprint density at radius 2 is 2.20 bits per heavy atom. The Balaban J connectivity index is 2.18. The Kier molecular flexibility index (Phi) is 5.97. The molecule has 20 heavy (non-hydrogen) atoms. The molecular weight excluding hydrogens is 297 g/mol. The number of halogens is 2.